The Labute approximate surface area is 105 Å². The van der Waals surface area contributed by atoms with Crippen molar-refractivity contribution in [2.45, 2.75) is 32.0 Å². The van der Waals surface area contributed by atoms with Gasteiger partial charge >= 0.3 is 12.0 Å². The number of hydrogen-bond acceptors (Lipinski definition) is 2. The molecule has 5 nitrogen and oxygen atoms in total. The van der Waals surface area contributed by atoms with Gasteiger partial charge < -0.3 is 15.3 Å². The second-order valence-electron chi connectivity index (χ2n) is 4.51. The number of rotatable bonds is 4. The summed E-state index contributed by atoms with van der Waals surface area (Å²) in [4.78, 5) is 24.2. The monoisotopic (exact) mass is 248 g/mol. The minimum atomic E-state index is -0.895. The van der Waals surface area contributed by atoms with Gasteiger partial charge in [0, 0.05) is 6.54 Å². The van der Waals surface area contributed by atoms with Crippen LogP contribution in [0, 0.1) is 0 Å². The number of urea groups is 1. The van der Waals surface area contributed by atoms with Crippen molar-refractivity contribution in [2.75, 3.05) is 0 Å². The molecule has 0 spiro atoms. The highest BCUT2D eigenvalue weighted by Gasteiger charge is 2.36. The average Bonchev–Trinajstić information content (AvgIpc) is 2.58. The van der Waals surface area contributed by atoms with Crippen molar-refractivity contribution in [3.8, 4) is 0 Å². The van der Waals surface area contributed by atoms with Gasteiger partial charge in [-0.05, 0) is 12.5 Å². The third-order valence-corrected chi connectivity index (χ3v) is 3.23. The molecule has 18 heavy (non-hydrogen) atoms. The van der Waals surface area contributed by atoms with E-state index in [4.69, 9.17) is 5.11 Å². The van der Waals surface area contributed by atoms with Crippen molar-refractivity contribution < 1.29 is 14.7 Å². The largest absolute Gasteiger partial charge is 0.481 e. The summed E-state index contributed by atoms with van der Waals surface area (Å²) in [5.74, 6) is -0.895. The van der Waals surface area contributed by atoms with Gasteiger partial charge in [0.05, 0.1) is 18.5 Å². The van der Waals surface area contributed by atoms with E-state index in [1.165, 1.54) is 0 Å². The Morgan fingerprint density at radius 3 is 2.67 bits per heavy atom. The SMILES string of the molecule is C[C@@H]1[C@@H](CC(=O)O)NC(=O)N1Cc1ccccc1. The Kier molecular flexibility index (Phi) is 3.50. The molecule has 5 heteroatoms. The summed E-state index contributed by atoms with van der Waals surface area (Å²) in [6, 6.07) is 9.02. The lowest BCUT2D eigenvalue weighted by Gasteiger charge is -2.22. The summed E-state index contributed by atoms with van der Waals surface area (Å²) in [7, 11) is 0. The lowest BCUT2D eigenvalue weighted by molar-refractivity contribution is -0.137. The third-order valence-electron chi connectivity index (χ3n) is 3.23. The molecule has 96 valence electrons. The zero-order valence-electron chi connectivity index (χ0n) is 10.2. The smallest absolute Gasteiger partial charge is 0.318 e. The van der Waals surface area contributed by atoms with Crippen LogP contribution in [0.25, 0.3) is 0 Å². The highest BCUT2D eigenvalue weighted by Crippen LogP contribution is 2.18. The van der Waals surface area contributed by atoms with E-state index in [1.807, 2.05) is 37.3 Å². The van der Waals surface area contributed by atoms with Gasteiger partial charge in [-0.15, -0.1) is 0 Å². The predicted molar refractivity (Wildman–Crippen MR) is 66.0 cm³/mol. The molecule has 1 aliphatic rings. The van der Waals surface area contributed by atoms with Crippen LogP contribution in [0.3, 0.4) is 0 Å². The number of carboxylic acids is 1. The molecule has 0 saturated carbocycles. The molecular formula is C13H16N2O3. The number of amides is 2. The van der Waals surface area contributed by atoms with Gasteiger partial charge in [-0.2, -0.15) is 0 Å². The van der Waals surface area contributed by atoms with Crippen molar-refractivity contribution in [3.63, 3.8) is 0 Å². The molecular weight excluding hydrogens is 232 g/mol. The first kappa shape index (κ1) is 12.4. The molecule has 1 fully saturated rings. The standard InChI is InChI=1S/C13H16N2O3/c1-9-11(7-12(16)17)14-13(18)15(9)8-10-5-3-2-4-6-10/h2-6,9,11H,7-8H2,1H3,(H,14,18)(H,16,17)/t9-,11-/m1/s1. The van der Waals surface area contributed by atoms with Crippen LogP contribution >= 0.6 is 0 Å². The number of nitrogens with zero attached hydrogens (tertiary/aromatic N) is 1. The number of carbonyl (C=O) groups excluding carboxylic acids is 1. The second kappa shape index (κ2) is 5.08. The quantitative estimate of drug-likeness (QED) is 0.847. The minimum Gasteiger partial charge on any atom is -0.481 e. The molecule has 0 unspecified atom stereocenters. The molecule has 1 aromatic rings. The molecule has 1 aliphatic heterocycles. The van der Waals surface area contributed by atoms with Crippen LogP contribution in [-0.2, 0) is 11.3 Å². The van der Waals surface area contributed by atoms with E-state index < -0.39 is 5.97 Å². The molecule has 0 aromatic heterocycles. The topological polar surface area (TPSA) is 69.6 Å². The van der Waals surface area contributed by atoms with E-state index in [2.05, 4.69) is 5.32 Å². The number of benzene rings is 1. The van der Waals surface area contributed by atoms with Crippen LogP contribution in [-0.4, -0.2) is 34.1 Å². The maximum atomic E-state index is 11.8. The Balaban J connectivity index is 2.05. The van der Waals surface area contributed by atoms with E-state index >= 15 is 0 Å². The molecule has 0 aliphatic carbocycles. The fourth-order valence-electron chi connectivity index (χ4n) is 2.17. The maximum Gasteiger partial charge on any atom is 0.318 e. The third kappa shape index (κ3) is 2.61. The summed E-state index contributed by atoms with van der Waals surface area (Å²) in [6.07, 6.45) is -0.0435. The van der Waals surface area contributed by atoms with Crippen molar-refractivity contribution in [1.82, 2.24) is 10.2 Å². The van der Waals surface area contributed by atoms with Crippen LogP contribution in [0.4, 0.5) is 4.79 Å². The molecule has 1 aromatic carbocycles. The minimum absolute atomic E-state index is 0.0435. The Bertz CT molecular complexity index is 447. The second-order valence-corrected chi connectivity index (χ2v) is 4.51. The predicted octanol–water partition coefficient (Wildman–Crippen LogP) is 1.44. The van der Waals surface area contributed by atoms with Gasteiger partial charge in [0.15, 0.2) is 0 Å². The van der Waals surface area contributed by atoms with Gasteiger partial charge in [-0.25, -0.2) is 4.79 Å². The Morgan fingerprint density at radius 2 is 2.06 bits per heavy atom. The maximum absolute atomic E-state index is 11.8. The van der Waals surface area contributed by atoms with Crippen molar-refractivity contribution in [2.24, 2.45) is 0 Å². The van der Waals surface area contributed by atoms with Crippen LogP contribution in [0.2, 0.25) is 0 Å². The molecule has 1 saturated heterocycles. The fourth-order valence-corrected chi connectivity index (χ4v) is 2.17. The summed E-state index contributed by atoms with van der Waals surface area (Å²) in [5.41, 5.74) is 1.04. The average molecular weight is 248 g/mol. The van der Waals surface area contributed by atoms with Crippen molar-refractivity contribution >= 4 is 12.0 Å². The van der Waals surface area contributed by atoms with Gasteiger partial charge in [-0.1, -0.05) is 30.3 Å². The van der Waals surface area contributed by atoms with Gasteiger partial charge in [-0.3, -0.25) is 4.79 Å². The fraction of sp³-hybridized carbons (Fsp3) is 0.385. The highest BCUT2D eigenvalue weighted by atomic mass is 16.4. The lowest BCUT2D eigenvalue weighted by Crippen LogP contribution is -2.34. The first-order valence-corrected chi connectivity index (χ1v) is 5.91. The Hall–Kier alpha value is -2.04. The van der Waals surface area contributed by atoms with E-state index in [-0.39, 0.29) is 24.5 Å². The number of hydrogen-bond donors (Lipinski definition) is 2. The van der Waals surface area contributed by atoms with Crippen molar-refractivity contribution in [3.05, 3.63) is 35.9 Å². The summed E-state index contributed by atoms with van der Waals surface area (Å²) in [6.45, 7) is 2.37. The molecule has 2 amide bonds. The molecule has 0 radical (unpaired) electrons. The molecule has 0 bridgehead atoms. The first-order chi connectivity index (χ1) is 8.58. The molecule has 2 rings (SSSR count). The normalized spacial score (nSPS) is 22.9. The van der Waals surface area contributed by atoms with Gasteiger partial charge in [0.1, 0.15) is 0 Å². The van der Waals surface area contributed by atoms with Gasteiger partial charge in [0.2, 0.25) is 0 Å². The lowest BCUT2D eigenvalue weighted by atomic mass is 10.1. The zero-order chi connectivity index (χ0) is 13.1. The number of nitrogens with one attached hydrogen (secondary N) is 1. The van der Waals surface area contributed by atoms with Crippen LogP contribution in [0.5, 0.6) is 0 Å². The van der Waals surface area contributed by atoms with E-state index in [0.717, 1.165) is 5.56 Å². The molecule has 2 atom stereocenters. The number of carboxylic acid groups (broad SMARTS) is 1. The van der Waals surface area contributed by atoms with Crippen LogP contribution < -0.4 is 5.32 Å². The number of carbonyl (C=O) groups is 2. The van der Waals surface area contributed by atoms with E-state index in [0.29, 0.717) is 6.54 Å². The zero-order valence-corrected chi connectivity index (χ0v) is 10.2. The van der Waals surface area contributed by atoms with Crippen LogP contribution in [0.1, 0.15) is 18.9 Å². The van der Waals surface area contributed by atoms with E-state index in [1.54, 1.807) is 4.90 Å². The Morgan fingerprint density at radius 1 is 1.39 bits per heavy atom. The highest BCUT2D eigenvalue weighted by molar-refractivity contribution is 5.79. The summed E-state index contributed by atoms with van der Waals surface area (Å²) >= 11 is 0. The number of aliphatic carboxylic acids is 1. The van der Waals surface area contributed by atoms with Crippen LogP contribution in [0.15, 0.2) is 30.3 Å². The van der Waals surface area contributed by atoms with Gasteiger partial charge in [0.25, 0.3) is 0 Å². The molecule has 1 heterocycles. The summed E-state index contributed by atoms with van der Waals surface area (Å²) < 4.78 is 0. The molecule has 2 N–H and O–H groups in total. The van der Waals surface area contributed by atoms with Crippen molar-refractivity contribution in [1.29, 1.82) is 0 Å². The first-order valence-electron chi connectivity index (χ1n) is 5.91. The summed E-state index contributed by atoms with van der Waals surface area (Å²) in [5, 5.41) is 11.5. The van der Waals surface area contributed by atoms with E-state index in [9.17, 15) is 9.59 Å².